The molecule has 0 unspecified atom stereocenters. The summed E-state index contributed by atoms with van der Waals surface area (Å²) in [7, 11) is 0. The Balaban J connectivity index is 0.00000264. The van der Waals surface area contributed by atoms with E-state index in [4.69, 9.17) is 4.74 Å². The summed E-state index contributed by atoms with van der Waals surface area (Å²) in [6.07, 6.45) is -5.81. The molecule has 0 saturated carbocycles. The molecule has 0 aliphatic carbocycles. The summed E-state index contributed by atoms with van der Waals surface area (Å²) >= 11 is 0. The van der Waals surface area contributed by atoms with Crippen LogP contribution < -0.4 is 45.5 Å². The van der Waals surface area contributed by atoms with Crippen LogP contribution in [0.2, 0.25) is 0 Å². The zero-order valence-electron chi connectivity index (χ0n) is 12.1. The van der Waals surface area contributed by atoms with Gasteiger partial charge in [-0.25, -0.2) is 5.43 Å². The number of nitrogens with one attached hydrogen (secondary N) is 2. The van der Waals surface area contributed by atoms with Gasteiger partial charge in [0, 0.05) is 18.0 Å². The molecule has 1 aliphatic rings. The second kappa shape index (κ2) is 8.66. The van der Waals surface area contributed by atoms with E-state index in [1.807, 2.05) is 0 Å². The number of hydrogen-bond donors (Lipinski definition) is 5. The van der Waals surface area contributed by atoms with Gasteiger partial charge in [-0.15, -0.1) is 0 Å². The Morgan fingerprint density at radius 2 is 1.74 bits per heavy atom. The number of carboxylic acid groups (broad SMARTS) is 1. The quantitative estimate of drug-likeness (QED) is 0.265. The molecule has 1 aromatic rings. The summed E-state index contributed by atoms with van der Waals surface area (Å²) in [5.41, 5.74) is 4.69. The van der Waals surface area contributed by atoms with Crippen LogP contribution in [0.25, 0.3) is 0 Å². The molecule has 2 heterocycles. The predicted octanol–water partition coefficient (Wildman–Crippen LogP) is -7.12. The van der Waals surface area contributed by atoms with Gasteiger partial charge in [-0.3, -0.25) is 15.2 Å². The van der Waals surface area contributed by atoms with Crippen LogP contribution >= 0.6 is 0 Å². The molecule has 0 aromatic carbocycles. The number of aliphatic hydroxyl groups is 3. The minimum atomic E-state index is -1.85. The van der Waals surface area contributed by atoms with Crippen molar-refractivity contribution in [3.05, 3.63) is 30.1 Å². The molecule has 0 bridgehead atoms. The number of ether oxygens (including phenoxy) is 1. The number of pyridine rings is 1. The van der Waals surface area contributed by atoms with Crippen molar-refractivity contribution in [2.45, 2.75) is 30.6 Å². The second-order valence-electron chi connectivity index (χ2n) is 4.60. The number of aliphatic hydroxyl groups excluding tert-OH is 3. The molecule has 11 heteroatoms. The molecular weight excluding hydrogens is 321 g/mol. The number of aliphatic carboxylic acids is 1. The van der Waals surface area contributed by atoms with E-state index in [9.17, 15) is 30.0 Å². The van der Waals surface area contributed by atoms with Crippen molar-refractivity contribution < 1.29 is 64.3 Å². The van der Waals surface area contributed by atoms with Crippen molar-refractivity contribution in [3.8, 4) is 0 Å². The molecule has 1 saturated heterocycles. The fourth-order valence-corrected chi connectivity index (χ4v) is 1.91. The monoisotopic (exact) mass is 335 g/mol. The van der Waals surface area contributed by atoms with E-state index in [1.54, 1.807) is 0 Å². The number of hydrogen-bond acceptors (Lipinski definition) is 9. The SMILES string of the molecule is O=C(NN[C@@H]1O[C@H](C(=O)[O-])[C@@H](O)[C@H](O)[C@H]1O)c1ccncc1.[Na+]. The zero-order valence-corrected chi connectivity index (χ0v) is 14.1. The third-order valence-corrected chi connectivity index (χ3v) is 3.12. The Morgan fingerprint density at radius 1 is 1.13 bits per heavy atom. The van der Waals surface area contributed by atoms with Gasteiger partial charge in [0.1, 0.15) is 24.4 Å². The van der Waals surface area contributed by atoms with Crippen molar-refractivity contribution in [1.82, 2.24) is 15.8 Å². The maximum absolute atomic E-state index is 11.8. The smallest absolute Gasteiger partial charge is 0.547 e. The number of carboxylic acids is 1. The Kier molecular flexibility index (Phi) is 7.51. The number of amides is 1. The zero-order chi connectivity index (χ0) is 16.3. The van der Waals surface area contributed by atoms with E-state index >= 15 is 0 Å². The van der Waals surface area contributed by atoms with Gasteiger partial charge in [0.2, 0.25) is 0 Å². The first-order valence-corrected chi connectivity index (χ1v) is 6.28. The summed E-state index contributed by atoms with van der Waals surface area (Å²) in [4.78, 5) is 26.3. The minimum Gasteiger partial charge on any atom is -0.547 e. The van der Waals surface area contributed by atoms with E-state index in [1.165, 1.54) is 24.5 Å². The van der Waals surface area contributed by atoms with Crippen molar-refractivity contribution in [3.63, 3.8) is 0 Å². The maximum atomic E-state index is 11.8. The maximum Gasteiger partial charge on any atom is 1.00 e. The topological polar surface area (TPSA) is 164 Å². The van der Waals surface area contributed by atoms with Crippen LogP contribution in [0.3, 0.4) is 0 Å². The van der Waals surface area contributed by atoms with Crippen molar-refractivity contribution in [1.29, 1.82) is 0 Å². The van der Waals surface area contributed by atoms with Crippen molar-refractivity contribution in [2.75, 3.05) is 0 Å². The third-order valence-electron chi connectivity index (χ3n) is 3.12. The van der Waals surface area contributed by atoms with E-state index in [-0.39, 0.29) is 35.1 Å². The van der Waals surface area contributed by atoms with E-state index < -0.39 is 42.5 Å². The average Bonchev–Trinajstić information content (AvgIpc) is 2.52. The van der Waals surface area contributed by atoms with Gasteiger partial charge in [0.05, 0.1) is 5.97 Å². The molecule has 1 amide bonds. The normalized spacial score (nSPS) is 30.1. The van der Waals surface area contributed by atoms with Gasteiger partial charge in [-0.2, -0.15) is 0 Å². The molecule has 5 N–H and O–H groups in total. The van der Waals surface area contributed by atoms with Gasteiger partial charge >= 0.3 is 29.6 Å². The van der Waals surface area contributed by atoms with Gasteiger partial charge in [0.15, 0.2) is 6.23 Å². The van der Waals surface area contributed by atoms with Gasteiger partial charge in [0.25, 0.3) is 5.91 Å². The van der Waals surface area contributed by atoms with E-state index in [0.29, 0.717) is 0 Å². The molecule has 1 aromatic heterocycles. The number of rotatable bonds is 4. The number of nitrogens with zero attached hydrogens (tertiary/aromatic N) is 1. The summed E-state index contributed by atoms with van der Waals surface area (Å²) in [5.74, 6) is -2.35. The van der Waals surface area contributed by atoms with Crippen LogP contribution in [-0.2, 0) is 9.53 Å². The molecule has 0 spiro atoms. The summed E-state index contributed by atoms with van der Waals surface area (Å²) in [6.45, 7) is 0. The number of carbonyl (C=O) groups is 2. The fourth-order valence-electron chi connectivity index (χ4n) is 1.91. The third kappa shape index (κ3) is 4.68. The first-order valence-electron chi connectivity index (χ1n) is 6.28. The van der Waals surface area contributed by atoms with Crippen LogP contribution in [0.15, 0.2) is 24.5 Å². The van der Waals surface area contributed by atoms with E-state index in [2.05, 4.69) is 15.8 Å². The summed E-state index contributed by atoms with van der Waals surface area (Å²) < 4.78 is 4.87. The van der Waals surface area contributed by atoms with E-state index in [0.717, 1.165) is 0 Å². The molecule has 5 atom stereocenters. The van der Waals surface area contributed by atoms with Crippen LogP contribution in [-0.4, -0.2) is 62.8 Å². The summed E-state index contributed by atoms with van der Waals surface area (Å²) in [5, 5.41) is 39.6. The molecule has 1 aliphatic heterocycles. The molecule has 0 radical (unpaired) electrons. The largest absolute Gasteiger partial charge is 1.00 e. The van der Waals surface area contributed by atoms with Crippen LogP contribution in [0.1, 0.15) is 10.4 Å². The molecule has 1 fully saturated rings. The number of hydrazine groups is 1. The Bertz CT molecular complexity index is 547. The van der Waals surface area contributed by atoms with Crippen molar-refractivity contribution >= 4 is 11.9 Å². The molecular formula is C12H14N3NaO7. The van der Waals surface area contributed by atoms with Crippen LogP contribution in [0.4, 0.5) is 0 Å². The molecule has 10 nitrogen and oxygen atoms in total. The minimum absolute atomic E-state index is 0. The second-order valence-corrected chi connectivity index (χ2v) is 4.60. The van der Waals surface area contributed by atoms with Gasteiger partial charge in [-0.1, -0.05) is 0 Å². The standard InChI is InChI=1S/C12H15N3O7.Na/c16-6-7(17)9(12(20)21)22-11(8(6)18)15-14-10(19)5-1-3-13-4-2-5;/h1-4,6-9,11,15-18H,(H,14,19)(H,20,21);/q;+1/p-1/t6-,7-,8+,9-,11+;/m0./s1. The molecule has 23 heavy (non-hydrogen) atoms. The summed E-state index contributed by atoms with van der Waals surface area (Å²) in [6, 6.07) is 2.86. The van der Waals surface area contributed by atoms with Gasteiger partial charge in [-0.05, 0) is 12.1 Å². The van der Waals surface area contributed by atoms with Gasteiger partial charge < -0.3 is 30.0 Å². The Morgan fingerprint density at radius 3 is 2.30 bits per heavy atom. The first kappa shape index (κ1) is 19.9. The van der Waals surface area contributed by atoms with Crippen molar-refractivity contribution in [2.24, 2.45) is 0 Å². The fraction of sp³-hybridized carbons (Fsp3) is 0.417. The Labute approximate surface area is 152 Å². The molecule has 2 rings (SSSR count). The average molecular weight is 335 g/mol. The Hall–Kier alpha value is -1.11. The first-order chi connectivity index (χ1) is 10.4. The molecule has 120 valence electrons. The predicted molar refractivity (Wildman–Crippen MR) is 66.5 cm³/mol. The van der Waals surface area contributed by atoms with Crippen LogP contribution in [0, 0.1) is 0 Å². The van der Waals surface area contributed by atoms with Crippen LogP contribution in [0.5, 0.6) is 0 Å². The number of aromatic nitrogens is 1. The number of carbonyl (C=O) groups excluding carboxylic acids is 2.